The van der Waals surface area contributed by atoms with Gasteiger partial charge in [0.05, 0.1) is 32.5 Å². The predicted octanol–water partition coefficient (Wildman–Crippen LogP) is 4.44. The van der Waals surface area contributed by atoms with Crippen LogP contribution in [0.4, 0.5) is 16.4 Å². The lowest BCUT2D eigenvalue weighted by molar-refractivity contribution is 0.122. The number of benzene rings is 1. The van der Waals surface area contributed by atoms with Gasteiger partial charge in [-0.2, -0.15) is 4.98 Å². The van der Waals surface area contributed by atoms with Gasteiger partial charge in [-0.3, -0.25) is 0 Å². The second-order valence-corrected chi connectivity index (χ2v) is 10.5. The number of methoxy groups -OCH3 is 1. The van der Waals surface area contributed by atoms with Crippen molar-refractivity contribution in [3.8, 4) is 17.0 Å². The van der Waals surface area contributed by atoms with Gasteiger partial charge in [0.2, 0.25) is 11.8 Å². The molecule has 3 fully saturated rings. The molecule has 1 aromatic heterocycles. The van der Waals surface area contributed by atoms with Crippen molar-refractivity contribution < 1.29 is 19.0 Å². The predicted molar refractivity (Wildman–Crippen MR) is 143 cm³/mol. The molecule has 1 atom stereocenters. The van der Waals surface area contributed by atoms with Crippen LogP contribution >= 0.6 is 0 Å². The molecule has 1 aromatic carbocycles. The number of morpholine rings is 1. The number of hydrogen-bond donors (Lipinski definition) is 1. The van der Waals surface area contributed by atoms with E-state index in [1.54, 1.807) is 4.90 Å². The first kappa shape index (κ1) is 25.6. The third-order valence-electron chi connectivity index (χ3n) is 7.83. The number of likely N-dealkylation sites (tertiary alicyclic amines) is 1. The summed E-state index contributed by atoms with van der Waals surface area (Å²) in [5, 5.41) is 3.54. The van der Waals surface area contributed by atoms with E-state index in [-0.39, 0.29) is 12.0 Å². The maximum absolute atomic E-state index is 11.9. The number of carbonyl (C=O) groups is 1. The summed E-state index contributed by atoms with van der Waals surface area (Å²) in [6.07, 6.45) is 7.21. The Bertz CT molecular complexity index is 1040. The molecule has 9 nitrogen and oxygen atoms in total. The molecular weight excluding hydrogens is 470 g/mol. The molecule has 0 bridgehead atoms. The fourth-order valence-corrected chi connectivity index (χ4v) is 5.46. The van der Waals surface area contributed by atoms with Crippen molar-refractivity contribution in [3.63, 3.8) is 0 Å². The fraction of sp³-hybridized carbons (Fsp3) is 0.607. The monoisotopic (exact) mass is 509 g/mol. The van der Waals surface area contributed by atoms with Crippen molar-refractivity contribution in [1.29, 1.82) is 0 Å². The summed E-state index contributed by atoms with van der Waals surface area (Å²) < 4.78 is 16.7. The summed E-state index contributed by atoms with van der Waals surface area (Å²) in [6, 6.07) is 8.91. The maximum atomic E-state index is 11.9. The number of rotatable bonds is 7. The number of aromatic nitrogens is 2. The van der Waals surface area contributed by atoms with E-state index in [9.17, 15) is 4.79 Å². The summed E-state index contributed by atoms with van der Waals surface area (Å²) in [5.41, 5.74) is 3.08. The zero-order valence-corrected chi connectivity index (χ0v) is 22.0. The molecule has 1 unspecified atom stereocenters. The second-order valence-electron chi connectivity index (χ2n) is 10.5. The standard InChI is InChI=1S/C28H39N5O4/c1-20-3-7-23(8-4-20)30-27-29-17-25(22-5-9-24(10-6-22)32-13-15-36-16-14-32)26(31-27)37-19-21-11-12-33(18-21)28(34)35-2/h5-6,9-10,17,20-21,23H,3-4,7-8,11-16,18-19H2,1-2H3,(H,29,30,31). The van der Waals surface area contributed by atoms with E-state index in [0.29, 0.717) is 37.6 Å². The summed E-state index contributed by atoms with van der Waals surface area (Å²) in [7, 11) is 1.42. The summed E-state index contributed by atoms with van der Waals surface area (Å²) in [4.78, 5) is 25.5. The smallest absolute Gasteiger partial charge is 0.409 e. The van der Waals surface area contributed by atoms with Gasteiger partial charge in [-0.05, 0) is 55.7 Å². The largest absolute Gasteiger partial charge is 0.477 e. The average Bonchev–Trinajstić information content (AvgIpc) is 3.43. The molecule has 5 rings (SSSR count). The average molecular weight is 510 g/mol. The zero-order chi connectivity index (χ0) is 25.6. The van der Waals surface area contributed by atoms with Gasteiger partial charge in [0, 0.05) is 50.0 Å². The Morgan fingerprint density at radius 3 is 2.57 bits per heavy atom. The normalized spacial score (nSPS) is 24.1. The van der Waals surface area contributed by atoms with Gasteiger partial charge in [0.1, 0.15) is 0 Å². The van der Waals surface area contributed by atoms with Crippen LogP contribution in [0.3, 0.4) is 0 Å². The molecular formula is C28H39N5O4. The van der Waals surface area contributed by atoms with Crippen molar-refractivity contribution in [2.24, 2.45) is 11.8 Å². The molecule has 3 heterocycles. The second kappa shape index (κ2) is 12.0. The minimum Gasteiger partial charge on any atom is -0.477 e. The summed E-state index contributed by atoms with van der Waals surface area (Å²) in [5.74, 6) is 2.22. The molecule has 0 radical (unpaired) electrons. The molecule has 1 aliphatic carbocycles. The molecule has 9 heteroatoms. The quantitative estimate of drug-likeness (QED) is 0.586. The van der Waals surface area contributed by atoms with E-state index < -0.39 is 0 Å². The van der Waals surface area contributed by atoms with Gasteiger partial charge < -0.3 is 29.3 Å². The molecule has 0 spiro atoms. The molecule has 200 valence electrons. The Labute approximate surface area is 219 Å². The highest BCUT2D eigenvalue weighted by atomic mass is 16.5. The number of hydrogen-bond acceptors (Lipinski definition) is 8. The number of anilines is 2. The first-order valence-electron chi connectivity index (χ1n) is 13.6. The van der Waals surface area contributed by atoms with E-state index in [0.717, 1.165) is 62.6 Å². The first-order chi connectivity index (χ1) is 18.1. The molecule has 37 heavy (non-hydrogen) atoms. The van der Waals surface area contributed by atoms with Crippen molar-refractivity contribution in [2.75, 3.05) is 63.3 Å². The zero-order valence-electron chi connectivity index (χ0n) is 22.0. The third kappa shape index (κ3) is 6.44. The Balaban J connectivity index is 1.32. The maximum Gasteiger partial charge on any atom is 0.409 e. The number of nitrogens with zero attached hydrogens (tertiary/aromatic N) is 4. The van der Waals surface area contributed by atoms with Crippen LogP contribution < -0.4 is 15.0 Å². The van der Waals surface area contributed by atoms with Crippen LogP contribution in [-0.4, -0.2) is 80.1 Å². The van der Waals surface area contributed by atoms with Crippen molar-refractivity contribution in [2.45, 2.75) is 45.1 Å². The van der Waals surface area contributed by atoms with E-state index in [2.05, 4.69) is 46.4 Å². The number of ether oxygens (including phenoxy) is 3. The highest BCUT2D eigenvalue weighted by Gasteiger charge is 2.28. The molecule has 2 saturated heterocycles. The Morgan fingerprint density at radius 1 is 1.08 bits per heavy atom. The molecule has 2 aromatic rings. The van der Waals surface area contributed by atoms with Gasteiger partial charge in [-0.1, -0.05) is 19.1 Å². The number of carbonyl (C=O) groups excluding carboxylic acids is 1. The van der Waals surface area contributed by atoms with Crippen LogP contribution in [0, 0.1) is 11.8 Å². The Kier molecular flexibility index (Phi) is 8.28. The SMILES string of the molecule is COC(=O)N1CCC(COc2nc(NC3CCC(C)CC3)ncc2-c2ccc(N3CCOCC3)cc2)C1. The van der Waals surface area contributed by atoms with Crippen LogP contribution in [-0.2, 0) is 9.47 Å². The highest BCUT2D eigenvalue weighted by Crippen LogP contribution is 2.32. The van der Waals surface area contributed by atoms with Gasteiger partial charge in [0.15, 0.2) is 0 Å². The van der Waals surface area contributed by atoms with Crippen LogP contribution in [0.1, 0.15) is 39.0 Å². The van der Waals surface area contributed by atoms with Gasteiger partial charge in [-0.15, -0.1) is 0 Å². The molecule has 3 aliphatic rings. The van der Waals surface area contributed by atoms with Gasteiger partial charge >= 0.3 is 6.09 Å². The van der Waals surface area contributed by atoms with E-state index in [1.165, 1.54) is 25.6 Å². The third-order valence-corrected chi connectivity index (χ3v) is 7.83. The van der Waals surface area contributed by atoms with Crippen molar-refractivity contribution >= 4 is 17.7 Å². The lowest BCUT2D eigenvalue weighted by Crippen LogP contribution is -2.36. The Hall–Kier alpha value is -3.07. The van der Waals surface area contributed by atoms with Crippen LogP contribution in [0.25, 0.3) is 11.1 Å². The van der Waals surface area contributed by atoms with E-state index in [1.807, 2.05) is 6.20 Å². The lowest BCUT2D eigenvalue weighted by atomic mass is 9.87. The van der Waals surface area contributed by atoms with Crippen molar-refractivity contribution in [1.82, 2.24) is 14.9 Å². The van der Waals surface area contributed by atoms with Crippen molar-refractivity contribution in [3.05, 3.63) is 30.5 Å². The highest BCUT2D eigenvalue weighted by molar-refractivity contribution is 5.70. The summed E-state index contributed by atoms with van der Waals surface area (Å²) >= 11 is 0. The van der Waals surface area contributed by atoms with Crippen LogP contribution in [0.5, 0.6) is 5.88 Å². The van der Waals surface area contributed by atoms with Crippen LogP contribution in [0.2, 0.25) is 0 Å². The fourth-order valence-electron chi connectivity index (χ4n) is 5.46. The Morgan fingerprint density at radius 2 is 1.84 bits per heavy atom. The van der Waals surface area contributed by atoms with Gasteiger partial charge in [0.25, 0.3) is 0 Å². The van der Waals surface area contributed by atoms with E-state index in [4.69, 9.17) is 19.2 Å². The minimum absolute atomic E-state index is 0.238. The summed E-state index contributed by atoms with van der Waals surface area (Å²) in [6.45, 7) is 7.46. The lowest BCUT2D eigenvalue weighted by Gasteiger charge is -2.29. The molecule has 1 saturated carbocycles. The molecule has 2 aliphatic heterocycles. The minimum atomic E-state index is -0.279. The molecule has 1 amide bonds. The van der Waals surface area contributed by atoms with Gasteiger partial charge in [-0.25, -0.2) is 9.78 Å². The number of nitrogens with one attached hydrogen (secondary N) is 1. The topological polar surface area (TPSA) is 89.0 Å². The number of amides is 1. The molecule has 1 N–H and O–H groups in total. The van der Waals surface area contributed by atoms with E-state index >= 15 is 0 Å². The van der Waals surface area contributed by atoms with Crippen LogP contribution in [0.15, 0.2) is 30.5 Å². The first-order valence-corrected chi connectivity index (χ1v) is 13.6.